The SMILES string of the molecule is O=C(O)c1ccnc(-n2ccc3ccccc32)c1. The number of carboxylic acids is 1. The zero-order chi connectivity index (χ0) is 12.5. The lowest BCUT2D eigenvalue weighted by Crippen LogP contribution is -2.01. The second-order valence-corrected chi connectivity index (χ2v) is 3.95. The Morgan fingerprint density at radius 1 is 1.17 bits per heavy atom. The van der Waals surface area contributed by atoms with Crippen molar-refractivity contribution < 1.29 is 9.90 Å². The molecule has 3 rings (SSSR count). The predicted molar refractivity (Wildman–Crippen MR) is 68.0 cm³/mol. The lowest BCUT2D eigenvalue weighted by molar-refractivity contribution is 0.0696. The zero-order valence-electron chi connectivity index (χ0n) is 9.45. The first-order chi connectivity index (χ1) is 8.75. The molecule has 0 aliphatic rings. The van der Waals surface area contributed by atoms with E-state index in [1.165, 1.54) is 12.3 Å². The van der Waals surface area contributed by atoms with Gasteiger partial charge in [0, 0.05) is 12.4 Å². The molecule has 2 heterocycles. The van der Waals surface area contributed by atoms with Crippen LogP contribution in [0.3, 0.4) is 0 Å². The largest absolute Gasteiger partial charge is 0.478 e. The van der Waals surface area contributed by atoms with Crippen LogP contribution in [0.15, 0.2) is 54.9 Å². The van der Waals surface area contributed by atoms with Crippen molar-refractivity contribution in [3.05, 3.63) is 60.4 Å². The van der Waals surface area contributed by atoms with E-state index in [0.29, 0.717) is 5.82 Å². The summed E-state index contributed by atoms with van der Waals surface area (Å²) in [5, 5.41) is 10.1. The first-order valence-electron chi connectivity index (χ1n) is 5.51. The van der Waals surface area contributed by atoms with Gasteiger partial charge in [0.15, 0.2) is 0 Å². The van der Waals surface area contributed by atoms with Gasteiger partial charge in [-0.3, -0.25) is 0 Å². The number of para-hydroxylation sites is 1. The second-order valence-electron chi connectivity index (χ2n) is 3.95. The number of pyridine rings is 1. The van der Waals surface area contributed by atoms with Gasteiger partial charge < -0.3 is 9.67 Å². The topological polar surface area (TPSA) is 55.1 Å². The van der Waals surface area contributed by atoms with Crippen LogP contribution >= 0.6 is 0 Å². The third-order valence-corrected chi connectivity index (χ3v) is 2.84. The number of carboxylic acid groups (broad SMARTS) is 1. The third kappa shape index (κ3) is 1.64. The van der Waals surface area contributed by atoms with Crippen molar-refractivity contribution in [2.24, 2.45) is 0 Å². The van der Waals surface area contributed by atoms with Gasteiger partial charge in [-0.05, 0) is 29.7 Å². The summed E-state index contributed by atoms with van der Waals surface area (Å²) in [6, 6.07) is 12.9. The smallest absolute Gasteiger partial charge is 0.335 e. The number of nitrogens with zero attached hydrogens (tertiary/aromatic N) is 2. The highest BCUT2D eigenvalue weighted by Gasteiger charge is 2.07. The molecule has 0 saturated carbocycles. The van der Waals surface area contributed by atoms with Gasteiger partial charge in [-0.15, -0.1) is 0 Å². The third-order valence-electron chi connectivity index (χ3n) is 2.84. The van der Waals surface area contributed by atoms with Gasteiger partial charge in [0.05, 0.1) is 11.1 Å². The fourth-order valence-electron chi connectivity index (χ4n) is 1.97. The fraction of sp³-hybridized carbons (Fsp3) is 0. The van der Waals surface area contributed by atoms with Gasteiger partial charge in [-0.2, -0.15) is 0 Å². The number of benzene rings is 1. The summed E-state index contributed by atoms with van der Waals surface area (Å²) < 4.78 is 1.88. The number of rotatable bonds is 2. The molecule has 0 unspecified atom stereocenters. The molecule has 0 fully saturated rings. The van der Waals surface area contributed by atoms with Crippen LogP contribution in [-0.2, 0) is 0 Å². The van der Waals surface area contributed by atoms with Gasteiger partial charge in [0.2, 0.25) is 0 Å². The van der Waals surface area contributed by atoms with Crippen molar-refractivity contribution in [1.29, 1.82) is 0 Å². The molecular formula is C14H10N2O2. The fourth-order valence-corrected chi connectivity index (χ4v) is 1.97. The quantitative estimate of drug-likeness (QED) is 0.746. The van der Waals surface area contributed by atoms with Crippen LogP contribution in [0.4, 0.5) is 0 Å². The minimum atomic E-state index is -0.949. The summed E-state index contributed by atoms with van der Waals surface area (Å²) in [7, 11) is 0. The molecule has 3 aromatic rings. The molecule has 18 heavy (non-hydrogen) atoms. The lowest BCUT2D eigenvalue weighted by atomic mass is 10.2. The summed E-state index contributed by atoms with van der Waals surface area (Å²) in [5.74, 6) is -0.341. The Labute approximate surface area is 103 Å². The molecule has 0 amide bonds. The molecule has 2 aromatic heterocycles. The molecular weight excluding hydrogens is 228 g/mol. The lowest BCUT2D eigenvalue weighted by Gasteiger charge is -2.05. The van der Waals surface area contributed by atoms with E-state index in [2.05, 4.69) is 4.98 Å². The van der Waals surface area contributed by atoms with E-state index in [9.17, 15) is 4.79 Å². The molecule has 4 heteroatoms. The van der Waals surface area contributed by atoms with Crippen LogP contribution in [0.25, 0.3) is 16.7 Å². The van der Waals surface area contributed by atoms with E-state index in [-0.39, 0.29) is 5.56 Å². The molecule has 0 spiro atoms. The second kappa shape index (κ2) is 4.00. The van der Waals surface area contributed by atoms with Crippen molar-refractivity contribution in [1.82, 2.24) is 9.55 Å². The Morgan fingerprint density at radius 2 is 2.00 bits per heavy atom. The number of carbonyl (C=O) groups is 1. The summed E-state index contributed by atoms with van der Waals surface area (Å²) in [5.41, 5.74) is 1.24. The van der Waals surface area contributed by atoms with Crippen molar-refractivity contribution in [2.45, 2.75) is 0 Å². The Kier molecular flexibility index (Phi) is 2.34. The molecule has 4 nitrogen and oxygen atoms in total. The van der Waals surface area contributed by atoms with Crippen LogP contribution in [0, 0.1) is 0 Å². The maximum atomic E-state index is 10.9. The highest BCUT2D eigenvalue weighted by Crippen LogP contribution is 2.19. The Morgan fingerprint density at radius 3 is 2.83 bits per heavy atom. The van der Waals surface area contributed by atoms with Crippen LogP contribution in [-0.4, -0.2) is 20.6 Å². The molecule has 88 valence electrons. The van der Waals surface area contributed by atoms with E-state index in [0.717, 1.165) is 10.9 Å². The highest BCUT2D eigenvalue weighted by molar-refractivity contribution is 5.88. The van der Waals surface area contributed by atoms with E-state index in [4.69, 9.17) is 5.11 Å². The molecule has 0 radical (unpaired) electrons. The van der Waals surface area contributed by atoms with Crippen LogP contribution in [0.5, 0.6) is 0 Å². The van der Waals surface area contributed by atoms with Crippen molar-refractivity contribution in [2.75, 3.05) is 0 Å². The number of aromatic carboxylic acids is 1. The predicted octanol–water partition coefficient (Wildman–Crippen LogP) is 2.72. The number of hydrogen-bond donors (Lipinski definition) is 1. The van der Waals surface area contributed by atoms with Crippen molar-refractivity contribution >= 4 is 16.9 Å². The van der Waals surface area contributed by atoms with Crippen molar-refractivity contribution in [3.8, 4) is 5.82 Å². The Bertz CT molecular complexity index is 731. The summed E-state index contributed by atoms with van der Waals surface area (Å²) >= 11 is 0. The van der Waals surface area contributed by atoms with Crippen LogP contribution in [0.2, 0.25) is 0 Å². The maximum absolute atomic E-state index is 10.9. The van der Waals surface area contributed by atoms with Gasteiger partial charge >= 0.3 is 5.97 Å². The van der Waals surface area contributed by atoms with E-state index < -0.39 is 5.97 Å². The molecule has 0 saturated heterocycles. The first kappa shape index (κ1) is 10.5. The van der Waals surface area contributed by atoms with Gasteiger partial charge in [-0.25, -0.2) is 9.78 Å². The van der Waals surface area contributed by atoms with Gasteiger partial charge in [0.1, 0.15) is 5.82 Å². The van der Waals surface area contributed by atoms with Crippen molar-refractivity contribution in [3.63, 3.8) is 0 Å². The van der Waals surface area contributed by atoms with Crippen LogP contribution < -0.4 is 0 Å². The molecule has 1 aromatic carbocycles. The molecule has 0 aliphatic heterocycles. The molecule has 0 atom stereocenters. The summed E-state index contributed by atoms with van der Waals surface area (Å²) in [4.78, 5) is 15.2. The average Bonchev–Trinajstić information content (AvgIpc) is 2.82. The minimum absolute atomic E-state index is 0.234. The number of fused-ring (bicyclic) bond motifs is 1. The van der Waals surface area contributed by atoms with Crippen LogP contribution in [0.1, 0.15) is 10.4 Å². The first-order valence-corrected chi connectivity index (χ1v) is 5.51. The van der Waals surface area contributed by atoms with E-state index >= 15 is 0 Å². The Hall–Kier alpha value is -2.62. The Balaban J connectivity index is 2.20. The number of hydrogen-bond acceptors (Lipinski definition) is 2. The molecule has 0 aliphatic carbocycles. The highest BCUT2D eigenvalue weighted by atomic mass is 16.4. The van der Waals surface area contributed by atoms with E-state index in [1.807, 2.05) is 41.1 Å². The standard InChI is InChI=1S/C14H10N2O2/c17-14(18)11-5-7-15-13(9-11)16-8-6-10-3-1-2-4-12(10)16/h1-9H,(H,17,18). The van der Waals surface area contributed by atoms with E-state index in [1.54, 1.807) is 6.07 Å². The van der Waals surface area contributed by atoms with Gasteiger partial charge in [-0.1, -0.05) is 18.2 Å². The summed E-state index contributed by atoms with van der Waals surface area (Å²) in [6.45, 7) is 0. The normalized spacial score (nSPS) is 10.7. The minimum Gasteiger partial charge on any atom is -0.478 e. The average molecular weight is 238 g/mol. The molecule has 1 N–H and O–H groups in total. The summed E-state index contributed by atoms with van der Waals surface area (Å²) in [6.07, 6.45) is 3.40. The number of aromatic nitrogens is 2. The molecule has 0 bridgehead atoms. The zero-order valence-corrected chi connectivity index (χ0v) is 9.45. The maximum Gasteiger partial charge on any atom is 0.335 e. The monoisotopic (exact) mass is 238 g/mol. The van der Waals surface area contributed by atoms with Gasteiger partial charge in [0.25, 0.3) is 0 Å².